The standard InChI is InChI=1S/C22H27NO5/c1-3-9-26-15-19(24)14-23(12-17-5-4-6-20(10-17)25-2)13-18-7-8-21-22(11-18)28-16-27-21/h3-8,10-11,19,24H,1,9,12-16H2,2H3/t19-/m1/s1. The molecule has 0 radical (unpaired) electrons. The van der Waals surface area contributed by atoms with Gasteiger partial charge in [0.05, 0.1) is 26.4 Å². The number of rotatable bonds is 11. The van der Waals surface area contributed by atoms with E-state index in [-0.39, 0.29) is 13.4 Å². The highest BCUT2D eigenvalue weighted by Gasteiger charge is 2.17. The minimum absolute atomic E-state index is 0.256. The second-order valence-corrected chi connectivity index (χ2v) is 6.69. The summed E-state index contributed by atoms with van der Waals surface area (Å²) in [7, 11) is 1.66. The molecule has 0 saturated carbocycles. The maximum absolute atomic E-state index is 10.4. The first-order valence-electron chi connectivity index (χ1n) is 9.28. The van der Waals surface area contributed by atoms with Gasteiger partial charge in [-0.25, -0.2) is 0 Å². The fraction of sp³-hybridized carbons (Fsp3) is 0.364. The van der Waals surface area contributed by atoms with Gasteiger partial charge in [-0.3, -0.25) is 4.90 Å². The van der Waals surface area contributed by atoms with E-state index >= 15 is 0 Å². The molecular formula is C22H27NO5. The number of hydrogen-bond donors (Lipinski definition) is 1. The number of methoxy groups -OCH3 is 1. The van der Waals surface area contributed by atoms with Gasteiger partial charge in [-0.1, -0.05) is 24.3 Å². The zero-order valence-electron chi connectivity index (χ0n) is 16.2. The molecular weight excluding hydrogens is 358 g/mol. The molecule has 1 aliphatic rings. The van der Waals surface area contributed by atoms with Crippen LogP contribution in [0.2, 0.25) is 0 Å². The van der Waals surface area contributed by atoms with Crippen molar-refractivity contribution in [3.8, 4) is 17.2 Å². The molecule has 0 unspecified atom stereocenters. The van der Waals surface area contributed by atoms with Crippen molar-refractivity contribution in [1.82, 2.24) is 4.90 Å². The van der Waals surface area contributed by atoms with Crippen LogP contribution in [0, 0.1) is 0 Å². The predicted octanol–water partition coefficient (Wildman–Crippen LogP) is 2.99. The molecule has 2 aromatic rings. The molecule has 1 atom stereocenters. The van der Waals surface area contributed by atoms with E-state index in [4.69, 9.17) is 18.9 Å². The summed E-state index contributed by atoms with van der Waals surface area (Å²) in [5, 5.41) is 10.4. The van der Waals surface area contributed by atoms with Crippen molar-refractivity contribution in [2.24, 2.45) is 0 Å². The predicted molar refractivity (Wildman–Crippen MR) is 107 cm³/mol. The van der Waals surface area contributed by atoms with E-state index in [1.54, 1.807) is 13.2 Å². The maximum atomic E-state index is 10.4. The van der Waals surface area contributed by atoms with Gasteiger partial charge in [0.2, 0.25) is 6.79 Å². The highest BCUT2D eigenvalue weighted by atomic mass is 16.7. The minimum atomic E-state index is -0.598. The number of nitrogens with zero attached hydrogens (tertiary/aromatic N) is 1. The second kappa shape index (κ2) is 10.1. The monoisotopic (exact) mass is 385 g/mol. The number of ether oxygens (including phenoxy) is 4. The fourth-order valence-corrected chi connectivity index (χ4v) is 3.15. The Morgan fingerprint density at radius 3 is 2.71 bits per heavy atom. The Balaban J connectivity index is 1.70. The Hall–Kier alpha value is -2.54. The summed E-state index contributed by atoms with van der Waals surface area (Å²) >= 11 is 0. The lowest BCUT2D eigenvalue weighted by Crippen LogP contribution is -2.34. The molecule has 6 nitrogen and oxygen atoms in total. The van der Waals surface area contributed by atoms with Gasteiger partial charge in [-0.15, -0.1) is 6.58 Å². The number of hydrogen-bond acceptors (Lipinski definition) is 6. The molecule has 0 aliphatic carbocycles. The molecule has 0 saturated heterocycles. The van der Waals surface area contributed by atoms with Crippen molar-refractivity contribution in [3.63, 3.8) is 0 Å². The van der Waals surface area contributed by atoms with Crippen molar-refractivity contribution in [1.29, 1.82) is 0 Å². The van der Waals surface area contributed by atoms with Crippen molar-refractivity contribution >= 4 is 0 Å². The number of fused-ring (bicyclic) bond motifs is 1. The number of aliphatic hydroxyl groups is 1. The lowest BCUT2D eigenvalue weighted by atomic mass is 10.1. The molecule has 28 heavy (non-hydrogen) atoms. The summed E-state index contributed by atoms with van der Waals surface area (Å²) in [6.45, 7) is 6.38. The van der Waals surface area contributed by atoms with Crippen LogP contribution in [-0.4, -0.2) is 49.8 Å². The first-order chi connectivity index (χ1) is 13.7. The number of benzene rings is 2. The zero-order chi connectivity index (χ0) is 19.8. The van der Waals surface area contributed by atoms with Crippen LogP contribution in [0.4, 0.5) is 0 Å². The van der Waals surface area contributed by atoms with Gasteiger partial charge in [-0.2, -0.15) is 0 Å². The highest BCUT2D eigenvalue weighted by molar-refractivity contribution is 5.44. The summed E-state index contributed by atoms with van der Waals surface area (Å²) in [5.41, 5.74) is 2.20. The van der Waals surface area contributed by atoms with E-state index in [1.165, 1.54) is 0 Å². The largest absolute Gasteiger partial charge is 0.497 e. The molecule has 150 valence electrons. The van der Waals surface area contributed by atoms with Gasteiger partial charge < -0.3 is 24.1 Å². The van der Waals surface area contributed by atoms with Crippen molar-refractivity contribution in [2.75, 3.05) is 33.7 Å². The molecule has 0 bridgehead atoms. The zero-order valence-corrected chi connectivity index (χ0v) is 16.2. The van der Waals surface area contributed by atoms with Crippen molar-refractivity contribution in [3.05, 3.63) is 66.2 Å². The van der Waals surface area contributed by atoms with Gasteiger partial charge in [-0.05, 0) is 35.4 Å². The Bertz CT molecular complexity index is 779. The van der Waals surface area contributed by atoms with Crippen LogP contribution >= 0.6 is 0 Å². The summed E-state index contributed by atoms with van der Waals surface area (Å²) < 4.78 is 21.6. The second-order valence-electron chi connectivity index (χ2n) is 6.69. The maximum Gasteiger partial charge on any atom is 0.231 e. The fourth-order valence-electron chi connectivity index (χ4n) is 3.15. The SMILES string of the molecule is C=CCOC[C@H](O)CN(Cc1cccc(OC)c1)Cc1ccc2c(c1)OCO2. The third kappa shape index (κ3) is 5.73. The van der Waals surface area contributed by atoms with Gasteiger partial charge in [0.1, 0.15) is 5.75 Å². The van der Waals surface area contributed by atoms with Gasteiger partial charge >= 0.3 is 0 Å². The third-order valence-electron chi connectivity index (χ3n) is 4.40. The Morgan fingerprint density at radius 1 is 1.14 bits per heavy atom. The molecule has 0 fully saturated rings. The van der Waals surface area contributed by atoms with Crippen LogP contribution in [0.25, 0.3) is 0 Å². The Morgan fingerprint density at radius 2 is 1.93 bits per heavy atom. The lowest BCUT2D eigenvalue weighted by molar-refractivity contribution is 0.0228. The summed E-state index contributed by atoms with van der Waals surface area (Å²) in [4.78, 5) is 2.17. The third-order valence-corrected chi connectivity index (χ3v) is 4.40. The summed E-state index contributed by atoms with van der Waals surface area (Å²) in [5.74, 6) is 2.34. The molecule has 0 aromatic heterocycles. The smallest absolute Gasteiger partial charge is 0.231 e. The van der Waals surface area contributed by atoms with Crippen LogP contribution in [0.1, 0.15) is 11.1 Å². The molecule has 0 amide bonds. The Kier molecular flexibility index (Phi) is 7.31. The summed E-state index contributed by atoms with van der Waals surface area (Å²) in [6.07, 6.45) is 1.08. The van der Waals surface area contributed by atoms with Crippen LogP contribution in [0.5, 0.6) is 17.2 Å². The molecule has 2 aromatic carbocycles. The number of aliphatic hydroxyl groups excluding tert-OH is 1. The van der Waals surface area contributed by atoms with Gasteiger partial charge in [0.15, 0.2) is 11.5 Å². The normalized spacial score (nSPS) is 13.5. The first kappa shape index (κ1) is 20.2. The lowest BCUT2D eigenvalue weighted by Gasteiger charge is -2.25. The topological polar surface area (TPSA) is 60.4 Å². The Labute approximate surface area is 165 Å². The molecule has 0 spiro atoms. The first-order valence-corrected chi connectivity index (χ1v) is 9.28. The molecule has 3 rings (SSSR count). The highest BCUT2D eigenvalue weighted by Crippen LogP contribution is 2.33. The van der Waals surface area contributed by atoms with Crippen LogP contribution in [0.3, 0.4) is 0 Å². The van der Waals surface area contributed by atoms with Crippen molar-refractivity contribution in [2.45, 2.75) is 19.2 Å². The van der Waals surface area contributed by atoms with E-state index < -0.39 is 6.10 Å². The average molecular weight is 385 g/mol. The van der Waals surface area contributed by atoms with E-state index in [2.05, 4.69) is 17.5 Å². The average Bonchev–Trinajstić information content (AvgIpc) is 3.16. The van der Waals surface area contributed by atoms with E-state index in [9.17, 15) is 5.11 Å². The van der Waals surface area contributed by atoms with Crippen LogP contribution < -0.4 is 14.2 Å². The minimum Gasteiger partial charge on any atom is -0.497 e. The molecule has 6 heteroatoms. The van der Waals surface area contributed by atoms with Crippen LogP contribution in [0.15, 0.2) is 55.1 Å². The van der Waals surface area contributed by atoms with E-state index in [1.807, 2.05) is 36.4 Å². The van der Waals surface area contributed by atoms with E-state index in [0.717, 1.165) is 28.4 Å². The van der Waals surface area contributed by atoms with Gasteiger partial charge in [0.25, 0.3) is 0 Å². The van der Waals surface area contributed by atoms with E-state index in [0.29, 0.717) is 26.2 Å². The van der Waals surface area contributed by atoms with Gasteiger partial charge in [0, 0.05) is 19.6 Å². The van der Waals surface area contributed by atoms with Crippen LogP contribution in [-0.2, 0) is 17.8 Å². The summed E-state index contributed by atoms with van der Waals surface area (Å²) in [6, 6.07) is 13.9. The van der Waals surface area contributed by atoms with Crippen molar-refractivity contribution < 1.29 is 24.1 Å². The molecule has 1 heterocycles. The molecule has 1 aliphatic heterocycles. The quantitative estimate of drug-likeness (QED) is 0.474. The molecule has 1 N–H and O–H groups in total.